The molecule has 0 atom stereocenters. The smallest absolute Gasteiger partial charge is 0.215 e. The molecular formula is C12H8N6. The normalized spacial score (nSPS) is 11.3. The SMILES string of the molecule is c1cnc2nc(-n3cnc4cnccc43)[nH]c2c1. The van der Waals surface area contributed by atoms with E-state index in [1.165, 1.54) is 0 Å². The quantitative estimate of drug-likeness (QED) is 0.546. The second-order valence-corrected chi connectivity index (χ2v) is 3.91. The molecule has 0 saturated carbocycles. The average Bonchev–Trinajstić information content (AvgIpc) is 3.02. The second-order valence-electron chi connectivity index (χ2n) is 3.91. The lowest BCUT2D eigenvalue weighted by molar-refractivity contribution is 0.993. The molecule has 0 unspecified atom stereocenters. The van der Waals surface area contributed by atoms with Crippen LogP contribution in [0.25, 0.3) is 28.1 Å². The molecule has 4 aromatic heterocycles. The van der Waals surface area contributed by atoms with E-state index in [0.29, 0.717) is 11.6 Å². The minimum atomic E-state index is 0.698. The van der Waals surface area contributed by atoms with Crippen molar-refractivity contribution in [2.75, 3.05) is 0 Å². The summed E-state index contributed by atoms with van der Waals surface area (Å²) in [5.74, 6) is 0.706. The van der Waals surface area contributed by atoms with E-state index in [0.717, 1.165) is 16.6 Å². The number of rotatable bonds is 1. The molecule has 0 saturated heterocycles. The molecule has 0 spiro atoms. The van der Waals surface area contributed by atoms with E-state index < -0.39 is 0 Å². The Kier molecular flexibility index (Phi) is 1.74. The van der Waals surface area contributed by atoms with Gasteiger partial charge >= 0.3 is 0 Å². The molecule has 6 nitrogen and oxygen atoms in total. The van der Waals surface area contributed by atoms with E-state index in [1.807, 2.05) is 22.8 Å². The first-order chi connectivity index (χ1) is 8.92. The third-order valence-electron chi connectivity index (χ3n) is 2.82. The molecule has 18 heavy (non-hydrogen) atoms. The first-order valence-electron chi connectivity index (χ1n) is 5.50. The van der Waals surface area contributed by atoms with Gasteiger partial charge in [-0.1, -0.05) is 0 Å². The van der Waals surface area contributed by atoms with Crippen molar-refractivity contribution in [1.29, 1.82) is 0 Å². The number of H-pyrrole nitrogens is 1. The third kappa shape index (κ3) is 1.22. The molecule has 4 aromatic rings. The molecule has 6 heteroatoms. The Bertz CT molecular complexity index is 811. The predicted molar refractivity (Wildman–Crippen MR) is 66.3 cm³/mol. The Balaban J connectivity index is 2.01. The monoisotopic (exact) mass is 236 g/mol. The van der Waals surface area contributed by atoms with Crippen LogP contribution in [0, 0.1) is 0 Å². The van der Waals surface area contributed by atoms with Crippen LogP contribution in [0.5, 0.6) is 0 Å². The van der Waals surface area contributed by atoms with Crippen LogP contribution in [0.2, 0.25) is 0 Å². The molecule has 4 rings (SSSR count). The summed E-state index contributed by atoms with van der Waals surface area (Å²) in [7, 11) is 0. The zero-order chi connectivity index (χ0) is 11.9. The Morgan fingerprint density at radius 2 is 2.11 bits per heavy atom. The van der Waals surface area contributed by atoms with Gasteiger partial charge in [0.1, 0.15) is 11.8 Å². The van der Waals surface area contributed by atoms with Crippen LogP contribution in [0.15, 0.2) is 43.1 Å². The summed E-state index contributed by atoms with van der Waals surface area (Å²) in [6.45, 7) is 0. The fraction of sp³-hybridized carbons (Fsp3) is 0. The number of hydrogen-bond donors (Lipinski definition) is 1. The van der Waals surface area contributed by atoms with Gasteiger partial charge in [0.15, 0.2) is 5.65 Å². The fourth-order valence-electron chi connectivity index (χ4n) is 1.98. The lowest BCUT2D eigenvalue weighted by Crippen LogP contribution is -1.94. The predicted octanol–water partition coefficient (Wildman–Crippen LogP) is 1.69. The molecule has 4 heterocycles. The molecule has 0 radical (unpaired) electrons. The van der Waals surface area contributed by atoms with Crippen molar-refractivity contribution in [2.24, 2.45) is 0 Å². The Hall–Kier alpha value is -2.76. The highest BCUT2D eigenvalue weighted by Gasteiger charge is 2.08. The van der Waals surface area contributed by atoms with Crippen molar-refractivity contribution in [3.8, 4) is 5.95 Å². The summed E-state index contributed by atoms with van der Waals surface area (Å²) in [5.41, 5.74) is 3.40. The molecule has 0 aliphatic rings. The summed E-state index contributed by atoms with van der Waals surface area (Å²) >= 11 is 0. The maximum Gasteiger partial charge on any atom is 0.215 e. The number of nitrogens with one attached hydrogen (secondary N) is 1. The van der Waals surface area contributed by atoms with Crippen molar-refractivity contribution >= 4 is 22.2 Å². The zero-order valence-corrected chi connectivity index (χ0v) is 9.28. The lowest BCUT2D eigenvalue weighted by atomic mass is 10.4. The standard InChI is InChI=1S/C12H8N6/c1-2-8-11(14-4-1)17-12(16-8)18-7-15-9-6-13-5-3-10(9)18/h1-7H,(H,14,16,17). The highest BCUT2D eigenvalue weighted by Crippen LogP contribution is 2.16. The van der Waals surface area contributed by atoms with Crippen LogP contribution in [-0.2, 0) is 0 Å². The Morgan fingerprint density at radius 3 is 3.06 bits per heavy atom. The van der Waals surface area contributed by atoms with Gasteiger partial charge in [0.2, 0.25) is 5.95 Å². The molecule has 86 valence electrons. The second kappa shape index (κ2) is 3.36. The van der Waals surface area contributed by atoms with Crippen LogP contribution < -0.4 is 0 Å². The van der Waals surface area contributed by atoms with Crippen molar-refractivity contribution in [1.82, 2.24) is 29.5 Å². The largest absolute Gasteiger partial charge is 0.322 e. The molecule has 0 aliphatic carbocycles. The fourth-order valence-corrected chi connectivity index (χ4v) is 1.98. The van der Waals surface area contributed by atoms with Gasteiger partial charge in [-0.05, 0) is 18.2 Å². The minimum absolute atomic E-state index is 0.698. The van der Waals surface area contributed by atoms with Gasteiger partial charge in [0, 0.05) is 12.4 Å². The van der Waals surface area contributed by atoms with Crippen LogP contribution in [0.1, 0.15) is 0 Å². The molecule has 0 aromatic carbocycles. The molecule has 0 bridgehead atoms. The van der Waals surface area contributed by atoms with Gasteiger partial charge in [-0.2, -0.15) is 4.98 Å². The minimum Gasteiger partial charge on any atom is -0.322 e. The van der Waals surface area contributed by atoms with Gasteiger partial charge in [0.25, 0.3) is 0 Å². The lowest BCUT2D eigenvalue weighted by Gasteiger charge is -1.97. The van der Waals surface area contributed by atoms with Crippen molar-refractivity contribution in [3.05, 3.63) is 43.1 Å². The molecule has 0 aliphatic heterocycles. The van der Waals surface area contributed by atoms with Crippen molar-refractivity contribution in [2.45, 2.75) is 0 Å². The van der Waals surface area contributed by atoms with E-state index in [2.05, 4.69) is 24.9 Å². The van der Waals surface area contributed by atoms with E-state index in [-0.39, 0.29) is 0 Å². The summed E-state index contributed by atoms with van der Waals surface area (Å²) < 4.78 is 1.89. The summed E-state index contributed by atoms with van der Waals surface area (Å²) in [5, 5.41) is 0. The first-order valence-corrected chi connectivity index (χ1v) is 5.50. The Morgan fingerprint density at radius 1 is 1.11 bits per heavy atom. The van der Waals surface area contributed by atoms with Gasteiger partial charge in [-0.15, -0.1) is 0 Å². The highest BCUT2D eigenvalue weighted by molar-refractivity contribution is 5.77. The number of pyridine rings is 2. The molecular weight excluding hydrogens is 228 g/mol. The maximum atomic E-state index is 4.44. The van der Waals surface area contributed by atoms with E-state index >= 15 is 0 Å². The van der Waals surface area contributed by atoms with Crippen LogP contribution >= 0.6 is 0 Å². The van der Waals surface area contributed by atoms with Crippen LogP contribution in [0.4, 0.5) is 0 Å². The van der Waals surface area contributed by atoms with Gasteiger partial charge in [0.05, 0.1) is 17.2 Å². The molecule has 0 fully saturated rings. The van der Waals surface area contributed by atoms with Crippen LogP contribution in [0.3, 0.4) is 0 Å². The number of hydrogen-bond acceptors (Lipinski definition) is 4. The van der Waals surface area contributed by atoms with Gasteiger partial charge in [-0.25, -0.2) is 9.97 Å². The summed E-state index contributed by atoms with van der Waals surface area (Å²) in [6, 6.07) is 5.72. The zero-order valence-electron chi connectivity index (χ0n) is 9.28. The van der Waals surface area contributed by atoms with Crippen molar-refractivity contribution in [3.63, 3.8) is 0 Å². The summed E-state index contributed by atoms with van der Waals surface area (Å²) in [4.78, 5) is 20.2. The average molecular weight is 236 g/mol. The Labute approximate surface area is 101 Å². The van der Waals surface area contributed by atoms with E-state index in [9.17, 15) is 0 Å². The van der Waals surface area contributed by atoms with E-state index in [1.54, 1.807) is 24.9 Å². The number of imidazole rings is 2. The third-order valence-corrected chi connectivity index (χ3v) is 2.82. The van der Waals surface area contributed by atoms with E-state index in [4.69, 9.17) is 0 Å². The number of aromatic amines is 1. The highest BCUT2D eigenvalue weighted by atomic mass is 15.2. The summed E-state index contributed by atoms with van der Waals surface area (Å²) in [6.07, 6.45) is 6.92. The topological polar surface area (TPSA) is 72.3 Å². The number of aromatic nitrogens is 6. The number of nitrogens with zero attached hydrogens (tertiary/aromatic N) is 5. The van der Waals surface area contributed by atoms with Gasteiger partial charge < -0.3 is 4.98 Å². The molecule has 0 amide bonds. The van der Waals surface area contributed by atoms with Crippen molar-refractivity contribution < 1.29 is 0 Å². The number of fused-ring (bicyclic) bond motifs is 2. The van der Waals surface area contributed by atoms with Gasteiger partial charge in [-0.3, -0.25) is 9.55 Å². The maximum absolute atomic E-state index is 4.44. The first kappa shape index (κ1) is 9.29. The van der Waals surface area contributed by atoms with Crippen LogP contribution in [-0.4, -0.2) is 29.5 Å². The molecule has 1 N–H and O–H groups in total.